The number of methoxy groups -OCH3 is 1. The molecule has 1 aromatic rings. The fourth-order valence-electron chi connectivity index (χ4n) is 2.75. The van der Waals surface area contributed by atoms with Gasteiger partial charge in [-0.15, -0.1) is 0 Å². The minimum atomic E-state index is -0.512. The zero-order chi connectivity index (χ0) is 12.8. The topological polar surface area (TPSA) is 32.7 Å². The van der Waals surface area contributed by atoms with Gasteiger partial charge in [0.15, 0.2) is 0 Å². The maximum atomic E-state index is 9.99. The average Bonchev–Trinajstić information content (AvgIpc) is 2.48. The van der Waals surface area contributed by atoms with Crippen LogP contribution in [0, 0.1) is 0 Å². The van der Waals surface area contributed by atoms with Crippen LogP contribution < -0.4 is 9.64 Å². The number of para-hydroxylation sites is 1. The SMILES string of the molecule is COc1cccc2c1N(C(C)O)C(C)C2(C)C. The number of ether oxygens (including phenoxy) is 1. The molecule has 94 valence electrons. The van der Waals surface area contributed by atoms with Crippen molar-refractivity contribution in [1.29, 1.82) is 0 Å². The van der Waals surface area contributed by atoms with Gasteiger partial charge in [0.25, 0.3) is 0 Å². The highest BCUT2D eigenvalue weighted by molar-refractivity contribution is 5.71. The molecule has 0 aliphatic carbocycles. The number of hydrogen-bond donors (Lipinski definition) is 1. The van der Waals surface area contributed by atoms with Crippen LogP contribution in [0.4, 0.5) is 5.69 Å². The number of rotatable bonds is 2. The normalized spacial score (nSPS) is 23.4. The molecule has 17 heavy (non-hydrogen) atoms. The molecule has 1 heterocycles. The Kier molecular flexibility index (Phi) is 2.82. The summed E-state index contributed by atoms with van der Waals surface area (Å²) < 4.78 is 5.43. The van der Waals surface area contributed by atoms with E-state index in [4.69, 9.17) is 4.74 Å². The lowest BCUT2D eigenvalue weighted by atomic mass is 9.81. The molecule has 1 aliphatic rings. The molecule has 0 amide bonds. The predicted molar refractivity (Wildman–Crippen MR) is 69.6 cm³/mol. The molecule has 0 saturated carbocycles. The third-order valence-electron chi connectivity index (χ3n) is 4.04. The number of anilines is 1. The van der Waals surface area contributed by atoms with Gasteiger partial charge in [-0.05, 0) is 25.5 Å². The maximum Gasteiger partial charge on any atom is 0.142 e. The molecule has 3 heteroatoms. The van der Waals surface area contributed by atoms with Gasteiger partial charge in [-0.25, -0.2) is 0 Å². The largest absolute Gasteiger partial charge is 0.495 e. The van der Waals surface area contributed by atoms with Crippen LogP contribution in [0.5, 0.6) is 5.75 Å². The van der Waals surface area contributed by atoms with Crippen molar-refractivity contribution < 1.29 is 9.84 Å². The molecule has 0 aromatic heterocycles. The number of aliphatic hydroxyl groups excluding tert-OH is 1. The maximum absolute atomic E-state index is 9.99. The molecule has 0 saturated heterocycles. The smallest absolute Gasteiger partial charge is 0.142 e. The van der Waals surface area contributed by atoms with E-state index in [-0.39, 0.29) is 11.5 Å². The van der Waals surface area contributed by atoms with Crippen LogP contribution in [-0.2, 0) is 5.41 Å². The molecule has 1 N–H and O–H groups in total. The van der Waals surface area contributed by atoms with Crippen molar-refractivity contribution in [2.75, 3.05) is 12.0 Å². The van der Waals surface area contributed by atoms with Crippen LogP contribution in [0.15, 0.2) is 18.2 Å². The predicted octanol–water partition coefficient (Wildman–Crippen LogP) is 2.52. The first-order chi connectivity index (χ1) is 7.91. The van der Waals surface area contributed by atoms with E-state index >= 15 is 0 Å². The van der Waals surface area contributed by atoms with Crippen molar-refractivity contribution in [3.8, 4) is 5.75 Å². The zero-order valence-electron chi connectivity index (χ0n) is 11.2. The fourth-order valence-corrected chi connectivity index (χ4v) is 2.75. The Morgan fingerprint density at radius 2 is 2.06 bits per heavy atom. The zero-order valence-corrected chi connectivity index (χ0v) is 11.2. The Morgan fingerprint density at radius 1 is 1.41 bits per heavy atom. The molecule has 0 radical (unpaired) electrons. The van der Waals surface area contributed by atoms with Crippen molar-refractivity contribution in [2.24, 2.45) is 0 Å². The van der Waals surface area contributed by atoms with Crippen molar-refractivity contribution in [2.45, 2.75) is 45.4 Å². The summed E-state index contributed by atoms with van der Waals surface area (Å²) in [5.41, 5.74) is 2.29. The Bertz CT molecular complexity index is 426. The van der Waals surface area contributed by atoms with Crippen LogP contribution in [0.3, 0.4) is 0 Å². The minimum absolute atomic E-state index is 0.0147. The summed E-state index contributed by atoms with van der Waals surface area (Å²) >= 11 is 0. The fraction of sp³-hybridized carbons (Fsp3) is 0.571. The van der Waals surface area contributed by atoms with Gasteiger partial charge in [0.1, 0.15) is 12.0 Å². The number of hydrogen-bond acceptors (Lipinski definition) is 3. The van der Waals surface area contributed by atoms with E-state index in [2.05, 4.69) is 26.8 Å². The summed E-state index contributed by atoms with van der Waals surface area (Å²) in [6.45, 7) is 8.36. The lowest BCUT2D eigenvalue weighted by Gasteiger charge is -2.33. The van der Waals surface area contributed by atoms with Gasteiger partial charge in [-0.3, -0.25) is 0 Å². The highest BCUT2D eigenvalue weighted by Crippen LogP contribution is 2.49. The van der Waals surface area contributed by atoms with Crippen LogP contribution >= 0.6 is 0 Å². The number of fused-ring (bicyclic) bond motifs is 1. The minimum Gasteiger partial charge on any atom is -0.495 e. The third kappa shape index (κ3) is 1.61. The van der Waals surface area contributed by atoms with Gasteiger partial charge >= 0.3 is 0 Å². The van der Waals surface area contributed by atoms with E-state index in [1.165, 1.54) is 5.56 Å². The molecule has 0 bridgehead atoms. The molecule has 2 atom stereocenters. The van der Waals surface area contributed by atoms with E-state index in [0.29, 0.717) is 0 Å². The molecule has 1 aromatic carbocycles. The van der Waals surface area contributed by atoms with E-state index in [9.17, 15) is 5.11 Å². The number of benzene rings is 1. The second kappa shape index (κ2) is 3.91. The number of aliphatic hydroxyl groups is 1. The Morgan fingerprint density at radius 3 is 2.59 bits per heavy atom. The van der Waals surface area contributed by atoms with Crippen LogP contribution in [0.25, 0.3) is 0 Å². The van der Waals surface area contributed by atoms with Crippen molar-refractivity contribution in [3.05, 3.63) is 23.8 Å². The molecule has 2 rings (SSSR count). The molecule has 0 fully saturated rings. The average molecular weight is 235 g/mol. The Balaban J connectivity index is 2.66. The Labute approximate surface area is 103 Å². The first-order valence-corrected chi connectivity index (χ1v) is 6.05. The Hall–Kier alpha value is -1.22. The summed E-state index contributed by atoms with van der Waals surface area (Å²) in [7, 11) is 1.67. The van der Waals surface area contributed by atoms with Gasteiger partial charge in [0.2, 0.25) is 0 Å². The van der Waals surface area contributed by atoms with Crippen molar-refractivity contribution >= 4 is 5.69 Å². The van der Waals surface area contributed by atoms with Gasteiger partial charge in [0, 0.05) is 11.5 Å². The van der Waals surface area contributed by atoms with Crippen LogP contribution in [-0.4, -0.2) is 24.5 Å². The second-order valence-electron chi connectivity index (χ2n) is 5.29. The highest BCUT2D eigenvalue weighted by Gasteiger charge is 2.44. The summed E-state index contributed by atoms with van der Waals surface area (Å²) in [6.07, 6.45) is -0.512. The first kappa shape index (κ1) is 12.2. The standard InChI is InChI=1S/C14H21NO2/c1-9-14(3,4)11-7-6-8-12(17-5)13(11)15(9)10(2)16/h6-10,16H,1-5H3. The third-order valence-corrected chi connectivity index (χ3v) is 4.04. The van der Waals surface area contributed by atoms with E-state index in [1.807, 2.05) is 17.0 Å². The molecule has 3 nitrogen and oxygen atoms in total. The summed E-state index contributed by atoms with van der Waals surface area (Å²) in [6, 6.07) is 6.32. The molecule has 2 unspecified atom stereocenters. The van der Waals surface area contributed by atoms with Crippen LogP contribution in [0.1, 0.15) is 33.3 Å². The quantitative estimate of drug-likeness (QED) is 0.855. The molecular weight excluding hydrogens is 214 g/mol. The second-order valence-corrected chi connectivity index (χ2v) is 5.29. The summed E-state index contributed by atoms with van der Waals surface area (Å²) in [5, 5.41) is 9.99. The highest BCUT2D eigenvalue weighted by atomic mass is 16.5. The molecule has 1 aliphatic heterocycles. The lowest BCUT2D eigenvalue weighted by Crippen LogP contribution is -2.43. The lowest BCUT2D eigenvalue weighted by molar-refractivity contribution is 0.172. The summed E-state index contributed by atoms with van der Waals surface area (Å²) in [5.74, 6) is 0.834. The van der Waals surface area contributed by atoms with E-state index in [1.54, 1.807) is 14.0 Å². The number of nitrogens with zero attached hydrogens (tertiary/aromatic N) is 1. The monoisotopic (exact) mass is 235 g/mol. The summed E-state index contributed by atoms with van der Waals surface area (Å²) in [4.78, 5) is 2.04. The molecule has 0 spiro atoms. The van der Waals surface area contributed by atoms with E-state index < -0.39 is 6.23 Å². The van der Waals surface area contributed by atoms with E-state index in [0.717, 1.165) is 11.4 Å². The molecular formula is C14H21NO2. The van der Waals surface area contributed by atoms with Crippen molar-refractivity contribution in [1.82, 2.24) is 0 Å². The van der Waals surface area contributed by atoms with Gasteiger partial charge < -0.3 is 14.7 Å². The van der Waals surface area contributed by atoms with Crippen molar-refractivity contribution in [3.63, 3.8) is 0 Å². The first-order valence-electron chi connectivity index (χ1n) is 6.05. The van der Waals surface area contributed by atoms with Gasteiger partial charge in [-0.2, -0.15) is 0 Å². The van der Waals surface area contributed by atoms with Gasteiger partial charge in [0.05, 0.1) is 12.8 Å². The van der Waals surface area contributed by atoms with Crippen LogP contribution in [0.2, 0.25) is 0 Å². The van der Waals surface area contributed by atoms with Gasteiger partial charge in [-0.1, -0.05) is 26.0 Å².